The van der Waals surface area contributed by atoms with Crippen LogP contribution < -0.4 is 5.56 Å². The van der Waals surface area contributed by atoms with Crippen molar-refractivity contribution < 1.29 is 4.79 Å². The van der Waals surface area contributed by atoms with E-state index in [-0.39, 0.29) is 11.5 Å². The van der Waals surface area contributed by atoms with Crippen LogP contribution in [-0.4, -0.2) is 26.9 Å². The molecule has 0 bridgehead atoms. The Kier molecular flexibility index (Phi) is 8.54. The number of carbonyl (C=O) groups excluding carboxylic acids is 1. The zero-order chi connectivity index (χ0) is 26.4. The minimum atomic E-state index is -0.408. The summed E-state index contributed by atoms with van der Waals surface area (Å²) in [5.41, 5.74) is 4.23. The van der Waals surface area contributed by atoms with Crippen molar-refractivity contribution in [1.29, 1.82) is 0 Å². The molecule has 4 rings (SSSR count). The van der Waals surface area contributed by atoms with Crippen LogP contribution in [0.4, 0.5) is 0 Å². The predicted molar refractivity (Wildman–Crippen MR) is 151 cm³/mol. The summed E-state index contributed by atoms with van der Waals surface area (Å²) in [6.07, 6.45) is 5.39. The third kappa shape index (κ3) is 5.82. The maximum atomic E-state index is 13.8. The molecule has 0 saturated heterocycles. The SMILES string of the molecule is CCCCCc1ccc(C(=O)N(CCC)C(C)c2nc3ccccc3c(=O)n2-c2cccc(C)c2)cc1. The molecule has 37 heavy (non-hydrogen) atoms. The average Bonchev–Trinajstić information content (AvgIpc) is 2.91. The van der Waals surface area contributed by atoms with Crippen LogP contribution in [0.15, 0.2) is 77.6 Å². The summed E-state index contributed by atoms with van der Waals surface area (Å²) in [5, 5.41) is 0.562. The van der Waals surface area contributed by atoms with Crippen molar-refractivity contribution in [1.82, 2.24) is 14.5 Å². The van der Waals surface area contributed by atoms with Gasteiger partial charge < -0.3 is 4.90 Å². The number of amides is 1. The fourth-order valence-corrected chi connectivity index (χ4v) is 4.86. The molecule has 1 atom stereocenters. The Hall–Kier alpha value is -3.73. The molecule has 0 saturated carbocycles. The summed E-state index contributed by atoms with van der Waals surface area (Å²) < 4.78 is 1.67. The zero-order valence-corrected chi connectivity index (χ0v) is 22.4. The number of unbranched alkanes of at least 4 members (excludes halogenated alkanes) is 2. The molecular formula is C32H37N3O2. The molecule has 0 fully saturated rings. The van der Waals surface area contributed by atoms with E-state index < -0.39 is 6.04 Å². The number of aryl methyl sites for hydroxylation is 2. The second-order valence-corrected chi connectivity index (χ2v) is 9.80. The Morgan fingerprint density at radius 2 is 1.70 bits per heavy atom. The van der Waals surface area contributed by atoms with Crippen LogP contribution in [0.2, 0.25) is 0 Å². The summed E-state index contributed by atoms with van der Waals surface area (Å²) in [5.74, 6) is 0.514. The highest BCUT2D eigenvalue weighted by molar-refractivity contribution is 5.94. The fraction of sp³-hybridized carbons (Fsp3) is 0.344. The first-order valence-corrected chi connectivity index (χ1v) is 13.4. The van der Waals surface area contributed by atoms with Crippen LogP contribution in [-0.2, 0) is 6.42 Å². The average molecular weight is 496 g/mol. The van der Waals surface area contributed by atoms with Crippen molar-refractivity contribution in [2.24, 2.45) is 0 Å². The summed E-state index contributed by atoms with van der Waals surface area (Å²) in [4.78, 5) is 34.3. The van der Waals surface area contributed by atoms with Crippen LogP contribution in [0.3, 0.4) is 0 Å². The van der Waals surface area contributed by atoms with E-state index in [0.717, 1.165) is 30.5 Å². The van der Waals surface area contributed by atoms with Crippen molar-refractivity contribution in [2.75, 3.05) is 6.54 Å². The van der Waals surface area contributed by atoms with Crippen molar-refractivity contribution >= 4 is 16.8 Å². The number of carbonyl (C=O) groups is 1. The van der Waals surface area contributed by atoms with Gasteiger partial charge in [0.15, 0.2) is 0 Å². The molecule has 3 aromatic carbocycles. The van der Waals surface area contributed by atoms with Gasteiger partial charge >= 0.3 is 0 Å². The van der Waals surface area contributed by atoms with E-state index in [1.807, 2.05) is 79.4 Å². The topological polar surface area (TPSA) is 55.2 Å². The Labute approximate surface area is 219 Å². The maximum Gasteiger partial charge on any atom is 0.266 e. The van der Waals surface area contributed by atoms with Crippen LogP contribution >= 0.6 is 0 Å². The Morgan fingerprint density at radius 1 is 0.946 bits per heavy atom. The van der Waals surface area contributed by atoms with Crippen LogP contribution in [0.1, 0.15) is 79.8 Å². The molecule has 1 amide bonds. The molecule has 0 spiro atoms. The summed E-state index contributed by atoms with van der Waals surface area (Å²) >= 11 is 0. The standard InChI is InChI=1S/C32H37N3O2/c1-5-7-8-13-25-17-19-26(20-18-25)31(36)34(21-6-2)24(4)30-33-29-16-10-9-15-28(29)32(37)35(30)27-14-11-12-23(3)22-27/h9-12,14-20,22,24H,5-8,13,21H2,1-4H3. The van der Waals surface area contributed by atoms with Gasteiger partial charge in [0.1, 0.15) is 5.82 Å². The normalized spacial score (nSPS) is 12.0. The van der Waals surface area contributed by atoms with Gasteiger partial charge in [-0.25, -0.2) is 4.98 Å². The minimum Gasteiger partial charge on any atom is -0.329 e. The number of aromatic nitrogens is 2. The number of hydrogen-bond acceptors (Lipinski definition) is 3. The summed E-state index contributed by atoms with van der Waals surface area (Å²) in [6.45, 7) is 8.80. The van der Waals surface area contributed by atoms with Crippen LogP contribution in [0.25, 0.3) is 16.6 Å². The van der Waals surface area contributed by atoms with Crippen LogP contribution in [0, 0.1) is 6.92 Å². The molecule has 192 valence electrons. The predicted octanol–water partition coefficient (Wildman–Crippen LogP) is 7.04. The molecule has 0 aliphatic rings. The monoisotopic (exact) mass is 495 g/mol. The molecule has 1 aromatic heterocycles. The second kappa shape index (κ2) is 12.0. The molecule has 5 nitrogen and oxygen atoms in total. The number of nitrogens with zero attached hydrogens (tertiary/aromatic N) is 3. The molecule has 5 heteroatoms. The summed E-state index contributed by atoms with van der Waals surface area (Å²) in [7, 11) is 0. The first-order valence-electron chi connectivity index (χ1n) is 13.4. The van der Waals surface area contributed by atoms with E-state index in [0.29, 0.717) is 28.8 Å². The lowest BCUT2D eigenvalue weighted by Gasteiger charge is -2.30. The third-order valence-electron chi connectivity index (χ3n) is 6.90. The van der Waals surface area contributed by atoms with E-state index in [1.54, 1.807) is 4.57 Å². The van der Waals surface area contributed by atoms with Crippen molar-refractivity contribution in [2.45, 2.75) is 65.8 Å². The van der Waals surface area contributed by atoms with Crippen molar-refractivity contribution in [3.05, 3.63) is 106 Å². The molecule has 1 unspecified atom stereocenters. The largest absolute Gasteiger partial charge is 0.329 e. The molecule has 0 aliphatic carbocycles. The summed E-state index contributed by atoms with van der Waals surface area (Å²) in [6, 6.07) is 22.8. The third-order valence-corrected chi connectivity index (χ3v) is 6.90. The molecule has 0 aliphatic heterocycles. The second-order valence-electron chi connectivity index (χ2n) is 9.80. The highest BCUT2D eigenvalue weighted by Gasteiger charge is 2.27. The number of rotatable bonds is 10. The number of benzene rings is 3. The lowest BCUT2D eigenvalue weighted by molar-refractivity contribution is 0.0681. The van der Waals surface area contributed by atoms with Crippen molar-refractivity contribution in [3.63, 3.8) is 0 Å². The van der Waals surface area contributed by atoms with Crippen LogP contribution in [0.5, 0.6) is 0 Å². The van der Waals surface area contributed by atoms with E-state index in [2.05, 4.69) is 26.0 Å². The molecule has 4 aromatic rings. The van der Waals surface area contributed by atoms with Gasteiger partial charge in [0.05, 0.1) is 22.6 Å². The van der Waals surface area contributed by atoms with Gasteiger partial charge in [0, 0.05) is 12.1 Å². The Balaban J connectivity index is 1.76. The lowest BCUT2D eigenvalue weighted by atomic mass is 10.0. The Bertz CT molecular complexity index is 1420. The minimum absolute atomic E-state index is 0.0485. The Morgan fingerprint density at radius 3 is 2.41 bits per heavy atom. The molecule has 0 N–H and O–H groups in total. The van der Waals surface area contributed by atoms with Gasteiger partial charge in [0.2, 0.25) is 0 Å². The lowest BCUT2D eigenvalue weighted by Crippen LogP contribution is -2.38. The number of fused-ring (bicyclic) bond motifs is 1. The van der Waals surface area contributed by atoms with Gasteiger partial charge in [-0.2, -0.15) is 0 Å². The van der Waals surface area contributed by atoms with Gasteiger partial charge in [-0.15, -0.1) is 0 Å². The molecular weight excluding hydrogens is 458 g/mol. The van der Waals surface area contributed by atoms with E-state index >= 15 is 0 Å². The smallest absolute Gasteiger partial charge is 0.266 e. The van der Waals surface area contributed by atoms with E-state index in [9.17, 15) is 9.59 Å². The van der Waals surface area contributed by atoms with Gasteiger partial charge in [-0.1, -0.05) is 63.1 Å². The van der Waals surface area contributed by atoms with Crippen molar-refractivity contribution in [3.8, 4) is 5.69 Å². The molecule has 0 radical (unpaired) electrons. The number of para-hydroxylation sites is 1. The zero-order valence-electron chi connectivity index (χ0n) is 22.4. The fourth-order valence-electron chi connectivity index (χ4n) is 4.86. The highest BCUT2D eigenvalue weighted by atomic mass is 16.2. The van der Waals surface area contributed by atoms with Gasteiger partial charge in [-0.05, 0) is 80.6 Å². The van der Waals surface area contributed by atoms with E-state index in [1.165, 1.54) is 18.4 Å². The first kappa shape index (κ1) is 26.3. The van der Waals surface area contributed by atoms with Gasteiger partial charge in [0.25, 0.3) is 11.5 Å². The quantitative estimate of drug-likeness (QED) is 0.222. The molecule has 1 heterocycles. The van der Waals surface area contributed by atoms with Gasteiger partial charge in [-0.3, -0.25) is 14.2 Å². The van der Waals surface area contributed by atoms with E-state index in [4.69, 9.17) is 4.98 Å². The highest BCUT2D eigenvalue weighted by Crippen LogP contribution is 2.25. The maximum absolute atomic E-state index is 13.8. The number of hydrogen-bond donors (Lipinski definition) is 0. The first-order chi connectivity index (χ1) is 17.9.